The zero-order valence-corrected chi connectivity index (χ0v) is 22.4. The Kier molecular flexibility index (Phi) is 7.56. The molecule has 0 spiro atoms. The molecule has 3 N–H and O–H groups in total. The summed E-state index contributed by atoms with van der Waals surface area (Å²) >= 11 is -0.182. The average Bonchev–Trinajstić information content (AvgIpc) is 3.30. The van der Waals surface area contributed by atoms with Gasteiger partial charge in [0, 0.05) is 6.54 Å². The van der Waals surface area contributed by atoms with Crippen molar-refractivity contribution in [3.8, 4) is 11.1 Å². The van der Waals surface area contributed by atoms with E-state index in [1.807, 2.05) is 61.7 Å². The van der Waals surface area contributed by atoms with Crippen molar-refractivity contribution in [2.24, 2.45) is 0 Å². The molecule has 9 nitrogen and oxygen atoms in total. The van der Waals surface area contributed by atoms with Crippen LogP contribution in [0.25, 0.3) is 22.0 Å². The van der Waals surface area contributed by atoms with E-state index in [9.17, 15) is 9.90 Å². The summed E-state index contributed by atoms with van der Waals surface area (Å²) in [4.78, 5) is 26.4. The smallest absolute Gasteiger partial charge is 0.0508 e. The van der Waals surface area contributed by atoms with Crippen molar-refractivity contribution in [3.05, 3.63) is 71.9 Å². The van der Waals surface area contributed by atoms with Crippen molar-refractivity contribution >= 4 is 22.5 Å². The SMILES string of the molecule is CN(C)Cc1ccc(NC(=O)c2n[nH]c3ccc(-c4cncc(CN5CCC(O)[I-]C5)c4)cc23)cn1. The Bertz CT molecular complexity index is 1350. The minimum atomic E-state index is -0.289. The number of rotatable bonds is 7. The van der Waals surface area contributed by atoms with Crippen LogP contribution in [-0.4, -0.2) is 70.3 Å². The summed E-state index contributed by atoms with van der Waals surface area (Å²) in [6.45, 7) is 2.48. The van der Waals surface area contributed by atoms with E-state index < -0.39 is 0 Å². The van der Waals surface area contributed by atoms with Crippen molar-refractivity contribution in [1.82, 2.24) is 30.0 Å². The summed E-state index contributed by atoms with van der Waals surface area (Å²) in [5.74, 6) is -0.289. The number of aliphatic hydroxyl groups excluding tert-OH is 1. The minimum Gasteiger partial charge on any atom is -0.258 e. The molecule has 1 aromatic carbocycles. The van der Waals surface area contributed by atoms with E-state index >= 15 is 0 Å². The molecule has 0 saturated carbocycles. The van der Waals surface area contributed by atoms with Crippen molar-refractivity contribution in [1.29, 1.82) is 0 Å². The molecule has 36 heavy (non-hydrogen) atoms. The van der Waals surface area contributed by atoms with Gasteiger partial charge in [-0.05, 0) is 26.2 Å². The zero-order valence-electron chi connectivity index (χ0n) is 20.3. The fourth-order valence-corrected chi connectivity index (χ4v) is 6.50. The topological polar surface area (TPSA) is 110 Å². The zero-order chi connectivity index (χ0) is 25.1. The number of carbonyl (C=O) groups excluding carboxylic acids is 1. The number of aromatic nitrogens is 4. The largest absolute Gasteiger partial charge is 0.258 e. The Morgan fingerprint density at radius 2 is 2.08 bits per heavy atom. The molecular formula is C26H29IN7O2-. The fourth-order valence-electron chi connectivity index (χ4n) is 4.19. The summed E-state index contributed by atoms with van der Waals surface area (Å²) < 4.78 is 0.925. The van der Waals surface area contributed by atoms with Gasteiger partial charge in [0.1, 0.15) is 0 Å². The predicted molar refractivity (Wildman–Crippen MR) is 135 cm³/mol. The van der Waals surface area contributed by atoms with Gasteiger partial charge in [-0.25, -0.2) is 0 Å². The summed E-state index contributed by atoms with van der Waals surface area (Å²) in [5, 5.41) is 20.7. The number of alkyl halides is 2. The van der Waals surface area contributed by atoms with Gasteiger partial charge in [0.05, 0.1) is 17.6 Å². The van der Waals surface area contributed by atoms with E-state index in [4.69, 9.17) is 0 Å². The summed E-state index contributed by atoms with van der Waals surface area (Å²) in [7, 11) is 3.98. The molecule has 1 aliphatic rings. The predicted octanol–water partition coefficient (Wildman–Crippen LogP) is -0.0956. The normalized spacial score (nSPS) is 16.7. The summed E-state index contributed by atoms with van der Waals surface area (Å²) in [5.41, 5.74) is 5.80. The number of halogens is 1. The monoisotopic (exact) mass is 598 g/mol. The van der Waals surface area contributed by atoms with Crippen LogP contribution in [0.3, 0.4) is 0 Å². The molecule has 1 amide bonds. The fraction of sp³-hybridized carbons (Fsp3) is 0.308. The molecule has 0 bridgehead atoms. The third-order valence-electron chi connectivity index (χ3n) is 5.97. The Balaban J connectivity index is 1.33. The second-order valence-corrected chi connectivity index (χ2v) is 12.2. The van der Waals surface area contributed by atoms with Gasteiger partial charge in [-0.15, -0.1) is 0 Å². The molecule has 1 aliphatic heterocycles. The van der Waals surface area contributed by atoms with Crippen LogP contribution < -0.4 is 26.5 Å². The second kappa shape index (κ2) is 11.0. The Morgan fingerprint density at radius 1 is 1.19 bits per heavy atom. The molecule has 5 rings (SSSR count). The van der Waals surface area contributed by atoms with Crippen LogP contribution in [0.15, 0.2) is 55.0 Å². The number of pyridine rings is 2. The third-order valence-corrected chi connectivity index (χ3v) is 8.97. The maximum absolute atomic E-state index is 13.0. The molecule has 1 unspecified atom stereocenters. The maximum atomic E-state index is 13.0. The summed E-state index contributed by atoms with van der Waals surface area (Å²) in [6, 6.07) is 11.8. The van der Waals surface area contributed by atoms with Crippen LogP contribution in [-0.2, 0) is 13.1 Å². The first kappa shape index (κ1) is 24.8. The number of nitrogens with zero attached hydrogens (tertiary/aromatic N) is 5. The molecule has 1 atom stereocenters. The van der Waals surface area contributed by atoms with E-state index in [1.165, 1.54) is 0 Å². The minimum absolute atomic E-state index is 0.0729. The third kappa shape index (κ3) is 5.89. The van der Waals surface area contributed by atoms with Gasteiger partial charge in [-0.2, -0.15) is 0 Å². The molecule has 1 fully saturated rings. The van der Waals surface area contributed by atoms with E-state index in [0.717, 1.165) is 63.9 Å². The number of amides is 1. The number of anilines is 1. The number of aromatic amines is 1. The van der Waals surface area contributed by atoms with E-state index in [0.29, 0.717) is 11.4 Å². The van der Waals surface area contributed by atoms with Crippen LogP contribution in [0.4, 0.5) is 5.69 Å². The van der Waals surface area contributed by atoms with Crippen LogP contribution >= 0.6 is 0 Å². The van der Waals surface area contributed by atoms with Gasteiger partial charge < -0.3 is 4.90 Å². The molecule has 4 aromatic rings. The molecule has 1 saturated heterocycles. The molecule has 0 radical (unpaired) electrons. The number of fused-ring (bicyclic) bond motifs is 1. The van der Waals surface area contributed by atoms with Crippen LogP contribution in [0, 0.1) is 0 Å². The summed E-state index contributed by atoms with van der Waals surface area (Å²) in [6.07, 6.45) is 6.27. The Morgan fingerprint density at radius 3 is 2.83 bits per heavy atom. The number of benzene rings is 1. The number of hydrogen-bond acceptors (Lipinski definition) is 7. The number of hydrogen-bond donors (Lipinski definition) is 3. The first-order chi connectivity index (χ1) is 17.4. The number of aliphatic hydroxyl groups is 1. The maximum Gasteiger partial charge on any atom is 0.0508 e. The quantitative estimate of drug-likeness (QED) is 0.155. The van der Waals surface area contributed by atoms with Crippen molar-refractivity contribution < 1.29 is 31.1 Å². The first-order valence-corrected chi connectivity index (χ1v) is 14.5. The number of nitrogens with one attached hydrogen (secondary N) is 2. The van der Waals surface area contributed by atoms with E-state index in [1.54, 1.807) is 6.20 Å². The Hall–Kier alpha value is -2.93. The van der Waals surface area contributed by atoms with Gasteiger partial charge in [-0.3, -0.25) is 4.98 Å². The van der Waals surface area contributed by atoms with Gasteiger partial charge in [0.25, 0.3) is 0 Å². The van der Waals surface area contributed by atoms with Crippen LogP contribution in [0.1, 0.15) is 28.2 Å². The van der Waals surface area contributed by atoms with Crippen LogP contribution in [0.5, 0.6) is 0 Å². The molecular weight excluding hydrogens is 569 g/mol. The molecule has 10 heteroatoms. The molecule has 188 valence electrons. The Labute approximate surface area is 220 Å². The van der Waals surface area contributed by atoms with Crippen molar-refractivity contribution in [2.45, 2.75) is 23.6 Å². The van der Waals surface area contributed by atoms with E-state index in [-0.39, 0.29) is 31.2 Å². The van der Waals surface area contributed by atoms with Gasteiger partial charge in [0.15, 0.2) is 0 Å². The molecule has 4 heterocycles. The van der Waals surface area contributed by atoms with Crippen LogP contribution in [0.2, 0.25) is 0 Å². The first-order valence-electron chi connectivity index (χ1n) is 11.8. The average molecular weight is 598 g/mol. The van der Waals surface area contributed by atoms with Gasteiger partial charge in [0.2, 0.25) is 0 Å². The molecule has 3 aromatic heterocycles. The van der Waals surface area contributed by atoms with E-state index in [2.05, 4.69) is 36.4 Å². The van der Waals surface area contributed by atoms with Crippen molar-refractivity contribution in [3.63, 3.8) is 0 Å². The second-order valence-electron chi connectivity index (χ2n) is 9.19. The van der Waals surface area contributed by atoms with Gasteiger partial charge >= 0.3 is 161 Å². The molecule has 0 aliphatic carbocycles. The number of carbonyl (C=O) groups is 1. The standard InChI is InChI=1S/C26H29IN7O2/c1-33(2)15-21-5-4-20(13-29-21)30-26(36)25-22-10-18(3-6-23(22)31-32-25)19-9-17(11-28-12-19)14-34-8-7-24(35)27-16-34/h3-6,9-13,24,35H,7-8,14-16H2,1-2H3,(H,30,36)(H,31,32)/q-1. The van der Waals surface area contributed by atoms with Gasteiger partial charge in [-0.1, -0.05) is 0 Å². The van der Waals surface area contributed by atoms with Crippen molar-refractivity contribution in [2.75, 3.05) is 30.5 Å². The number of H-pyrrole nitrogens is 1.